The fraction of sp³-hybridized carbons (Fsp3) is 0.227. The van der Waals surface area contributed by atoms with Gasteiger partial charge in [0.1, 0.15) is 5.75 Å². The lowest BCUT2D eigenvalue weighted by atomic mass is 9.94. The molecule has 0 saturated heterocycles. The van der Waals surface area contributed by atoms with Crippen LogP contribution in [0, 0.1) is 0 Å². The van der Waals surface area contributed by atoms with E-state index < -0.39 is 23.7 Å². The number of nitrogens with zero attached hydrogens (tertiary/aromatic N) is 1. The number of amides is 1. The fourth-order valence-electron chi connectivity index (χ4n) is 3.37. The number of carbonyl (C=O) groups excluding carboxylic acids is 3. The Balaban J connectivity index is 2.18. The van der Waals surface area contributed by atoms with Gasteiger partial charge in [-0.05, 0) is 35.9 Å². The van der Waals surface area contributed by atoms with Crippen LogP contribution in [0.25, 0.3) is 0 Å². The number of rotatable bonds is 6. The number of methoxy groups -OCH3 is 2. The van der Waals surface area contributed by atoms with Gasteiger partial charge in [0.25, 0.3) is 5.91 Å². The summed E-state index contributed by atoms with van der Waals surface area (Å²) in [5.74, 6) is -1.65. The molecule has 0 radical (unpaired) electrons. The summed E-state index contributed by atoms with van der Waals surface area (Å²) in [6, 6.07) is 12.4. The highest BCUT2D eigenvalue weighted by atomic mass is 16.5. The van der Waals surface area contributed by atoms with E-state index in [9.17, 15) is 19.5 Å². The molecule has 0 saturated carbocycles. The van der Waals surface area contributed by atoms with E-state index in [4.69, 9.17) is 9.47 Å². The highest BCUT2D eigenvalue weighted by Gasteiger charge is 2.44. The van der Waals surface area contributed by atoms with Gasteiger partial charge in [-0.15, -0.1) is 0 Å². The summed E-state index contributed by atoms with van der Waals surface area (Å²) in [6.07, 6.45) is 0.128. The van der Waals surface area contributed by atoms with Crippen LogP contribution in [0.3, 0.4) is 0 Å². The van der Waals surface area contributed by atoms with Gasteiger partial charge >= 0.3 is 5.97 Å². The number of carbonyl (C=O) groups is 3. The first kappa shape index (κ1) is 20.1. The van der Waals surface area contributed by atoms with Crippen LogP contribution in [-0.2, 0) is 14.3 Å². The Hall–Kier alpha value is -3.61. The number of anilines is 1. The van der Waals surface area contributed by atoms with Crippen molar-refractivity contribution in [3.05, 3.63) is 71.0 Å². The van der Waals surface area contributed by atoms with Crippen molar-refractivity contribution in [3.63, 3.8) is 0 Å². The van der Waals surface area contributed by atoms with Crippen LogP contribution >= 0.6 is 0 Å². The van der Waals surface area contributed by atoms with Crippen LogP contribution in [0.2, 0.25) is 0 Å². The Bertz CT molecular complexity index is 1010. The zero-order valence-electron chi connectivity index (χ0n) is 16.3. The van der Waals surface area contributed by atoms with E-state index in [1.807, 2.05) is 0 Å². The van der Waals surface area contributed by atoms with Crippen molar-refractivity contribution in [1.29, 1.82) is 0 Å². The Labute approximate surface area is 168 Å². The molecule has 2 aromatic carbocycles. The minimum Gasteiger partial charge on any atom is -0.503 e. The molecule has 1 aliphatic heterocycles. The van der Waals surface area contributed by atoms with Gasteiger partial charge in [0.05, 0.1) is 31.4 Å². The average Bonchev–Trinajstić information content (AvgIpc) is 3.03. The minimum atomic E-state index is -0.849. The molecule has 29 heavy (non-hydrogen) atoms. The van der Waals surface area contributed by atoms with Crippen LogP contribution in [0.5, 0.6) is 5.75 Å². The second-order valence-electron chi connectivity index (χ2n) is 6.44. The Kier molecular flexibility index (Phi) is 5.68. The molecule has 0 aromatic heterocycles. The molecule has 7 heteroatoms. The topological polar surface area (TPSA) is 93.1 Å². The van der Waals surface area contributed by atoms with Crippen LogP contribution < -0.4 is 9.64 Å². The maximum Gasteiger partial charge on any atom is 0.337 e. The van der Waals surface area contributed by atoms with Crippen LogP contribution in [-0.4, -0.2) is 37.0 Å². The van der Waals surface area contributed by atoms with Gasteiger partial charge in [0.15, 0.2) is 11.5 Å². The third-order valence-corrected chi connectivity index (χ3v) is 4.78. The van der Waals surface area contributed by atoms with Crippen molar-refractivity contribution in [3.8, 4) is 5.75 Å². The molecule has 1 aliphatic rings. The van der Waals surface area contributed by atoms with Crippen LogP contribution in [0.15, 0.2) is 59.9 Å². The zero-order chi connectivity index (χ0) is 21.1. The smallest absolute Gasteiger partial charge is 0.337 e. The summed E-state index contributed by atoms with van der Waals surface area (Å²) >= 11 is 0. The van der Waals surface area contributed by atoms with E-state index in [1.54, 1.807) is 49.4 Å². The summed E-state index contributed by atoms with van der Waals surface area (Å²) < 4.78 is 10.0. The average molecular weight is 395 g/mol. The number of aliphatic hydroxyl groups is 1. The third-order valence-electron chi connectivity index (χ3n) is 4.78. The standard InChI is InChI=1S/C22H21NO6/c1-4-17(24)18-19(13-7-6-10-16(12-13)28-2)23(21(26)20(18)25)15-9-5-8-14(11-15)22(27)29-3/h5-12,19,25H,4H2,1-3H3. The van der Waals surface area contributed by atoms with E-state index in [0.29, 0.717) is 17.0 Å². The van der Waals surface area contributed by atoms with Gasteiger partial charge < -0.3 is 14.6 Å². The van der Waals surface area contributed by atoms with Gasteiger partial charge in [0, 0.05) is 12.1 Å². The van der Waals surface area contributed by atoms with E-state index >= 15 is 0 Å². The minimum absolute atomic E-state index is 0.0224. The molecular formula is C22H21NO6. The number of aliphatic hydroxyl groups excluding tert-OH is 1. The van der Waals surface area contributed by atoms with Crippen molar-refractivity contribution in [2.24, 2.45) is 0 Å². The molecular weight excluding hydrogens is 374 g/mol. The summed E-state index contributed by atoms with van der Waals surface area (Å²) in [7, 11) is 2.78. The molecule has 0 fully saturated rings. The van der Waals surface area contributed by atoms with Crippen molar-refractivity contribution in [1.82, 2.24) is 0 Å². The number of Topliss-reactive ketones (excluding diaryl/α,β-unsaturated/α-hetero) is 1. The number of benzene rings is 2. The van der Waals surface area contributed by atoms with E-state index in [0.717, 1.165) is 0 Å². The zero-order valence-corrected chi connectivity index (χ0v) is 16.3. The van der Waals surface area contributed by atoms with Gasteiger partial charge in [-0.1, -0.05) is 25.1 Å². The predicted octanol–water partition coefficient (Wildman–Crippen LogP) is 3.36. The molecule has 0 bridgehead atoms. The number of esters is 1. The van der Waals surface area contributed by atoms with E-state index in [-0.39, 0.29) is 23.3 Å². The molecule has 2 aromatic rings. The Morgan fingerprint density at radius 2 is 1.83 bits per heavy atom. The van der Waals surface area contributed by atoms with Gasteiger partial charge in [-0.3, -0.25) is 14.5 Å². The quantitative estimate of drug-likeness (QED) is 0.754. The molecule has 1 N–H and O–H groups in total. The van der Waals surface area contributed by atoms with Crippen LogP contribution in [0.1, 0.15) is 35.3 Å². The summed E-state index contributed by atoms with van der Waals surface area (Å²) in [5.41, 5.74) is 1.23. The lowest BCUT2D eigenvalue weighted by Gasteiger charge is -2.27. The van der Waals surface area contributed by atoms with E-state index in [1.165, 1.54) is 25.2 Å². The SMILES string of the molecule is CCC(=O)C1=C(O)C(=O)N(c2cccc(C(=O)OC)c2)C1c1cccc(OC)c1. The van der Waals surface area contributed by atoms with Gasteiger partial charge in [-0.25, -0.2) is 4.79 Å². The Morgan fingerprint density at radius 1 is 1.10 bits per heavy atom. The first-order valence-electron chi connectivity index (χ1n) is 9.05. The molecule has 7 nitrogen and oxygen atoms in total. The first-order chi connectivity index (χ1) is 13.9. The third kappa shape index (κ3) is 3.59. The normalized spacial score (nSPS) is 16.2. The molecule has 1 atom stereocenters. The second kappa shape index (κ2) is 8.18. The molecule has 1 heterocycles. The molecule has 0 spiro atoms. The molecule has 150 valence electrons. The van der Waals surface area contributed by atoms with Crippen LogP contribution in [0.4, 0.5) is 5.69 Å². The fourth-order valence-corrected chi connectivity index (χ4v) is 3.37. The van der Waals surface area contributed by atoms with Gasteiger partial charge in [0.2, 0.25) is 0 Å². The number of hydrogen-bond acceptors (Lipinski definition) is 6. The second-order valence-corrected chi connectivity index (χ2v) is 6.44. The molecule has 3 rings (SSSR count). The maximum atomic E-state index is 12.9. The lowest BCUT2D eigenvalue weighted by molar-refractivity contribution is -0.118. The van der Waals surface area contributed by atoms with Crippen molar-refractivity contribution < 1.29 is 29.0 Å². The predicted molar refractivity (Wildman–Crippen MR) is 106 cm³/mol. The maximum absolute atomic E-state index is 12.9. The van der Waals surface area contributed by atoms with Crippen molar-refractivity contribution in [2.45, 2.75) is 19.4 Å². The molecule has 1 amide bonds. The highest BCUT2D eigenvalue weighted by Crippen LogP contribution is 2.42. The molecule has 1 unspecified atom stereocenters. The van der Waals surface area contributed by atoms with E-state index in [2.05, 4.69) is 0 Å². The van der Waals surface area contributed by atoms with Crippen molar-refractivity contribution >= 4 is 23.3 Å². The molecule has 0 aliphatic carbocycles. The first-order valence-corrected chi connectivity index (χ1v) is 9.05. The van der Waals surface area contributed by atoms with Gasteiger partial charge in [-0.2, -0.15) is 0 Å². The largest absolute Gasteiger partial charge is 0.503 e. The number of ketones is 1. The Morgan fingerprint density at radius 3 is 2.48 bits per heavy atom. The highest BCUT2D eigenvalue weighted by molar-refractivity contribution is 6.16. The number of hydrogen-bond donors (Lipinski definition) is 1. The number of ether oxygens (including phenoxy) is 2. The summed E-state index contributed by atoms with van der Waals surface area (Å²) in [5, 5.41) is 10.5. The lowest BCUT2D eigenvalue weighted by Crippen LogP contribution is -2.31. The summed E-state index contributed by atoms with van der Waals surface area (Å²) in [4.78, 5) is 38.8. The van der Waals surface area contributed by atoms with Crippen molar-refractivity contribution in [2.75, 3.05) is 19.1 Å². The summed E-state index contributed by atoms with van der Waals surface area (Å²) in [6.45, 7) is 1.66. The monoisotopic (exact) mass is 395 g/mol.